The van der Waals surface area contributed by atoms with Gasteiger partial charge in [-0.15, -0.1) is 0 Å². The molecule has 1 aromatic carbocycles. The zero-order valence-corrected chi connectivity index (χ0v) is 11.9. The normalized spacial score (nSPS) is 29.2. The number of nitrogens with zero attached hydrogens (tertiary/aromatic N) is 1. The first-order valence-corrected chi connectivity index (χ1v) is 7.45. The minimum absolute atomic E-state index is 0.214. The van der Waals surface area contributed by atoms with Crippen LogP contribution < -0.4 is 0 Å². The van der Waals surface area contributed by atoms with Gasteiger partial charge in [0, 0.05) is 19.7 Å². The van der Waals surface area contributed by atoms with Crippen LogP contribution in [0.15, 0.2) is 24.3 Å². The number of halogens is 3. The Labute approximate surface area is 122 Å². The Morgan fingerprint density at radius 3 is 2.57 bits per heavy atom. The fourth-order valence-electron chi connectivity index (χ4n) is 3.64. The molecule has 2 fully saturated rings. The summed E-state index contributed by atoms with van der Waals surface area (Å²) in [6.07, 6.45) is -1.27. The Bertz CT molecular complexity index is 499. The molecule has 1 saturated carbocycles. The number of rotatable bonds is 4. The van der Waals surface area contributed by atoms with Crippen molar-refractivity contribution in [3.8, 4) is 0 Å². The van der Waals surface area contributed by atoms with Crippen LogP contribution in [0.4, 0.5) is 13.2 Å². The van der Waals surface area contributed by atoms with E-state index in [9.17, 15) is 13.2 Å². The maximum absolute atomic E-state index is 12.6. The highest BCUT2D eigenvalue weighted by atomic mass is 19.4. The van der Waals surface area contributed by atoms with Gasteiger partial charge in [-0.3, -0.25) is 0 Å². The lowest BCUT2D eigenvalue weighted by Gasteiger charge is -2.15. The summed E-state index contributed by atoms with van der Waals surface area (Å²) in [7, 11) is 0. The SMILES string of the molecule is OCCCN1CCC2(CC2c2ccc(C(F)(F)F)cc2)C1. The van der Waals surface area contributed by atoms with Crippen molar-refractivity contribution in [1.82, 2.24) is 4.90 Å². The second kappa shape index (κ2) is 5.29. The van der Waals surface area contributed by atoms with Gasteiger partial charge in [0.2, 0.25) is 0 Å². The molecule has 2 unspecified atom stereocenters. The van der Waals surface area contributed by atoms with Crippen LogP contribution in [0, 0.1) is 5.41 Å². The molecule has 21 heavy (non-hydrogen) atoms. The lowest BCUT2D eigenvalue weighted by atomic mass is 9.97. The maximum atomic E-state index is 12.6. The van der Waals surface area contributed by atoms with Crippen LogP contribution in [-0.4, -0.2) is 36.2 Å². The zero-order chi connectivity index (χ0) is 15.1. The van der Waals surface area contributed by atoms with Gasteiger partial charge in [0.25, 0.3) is 0 Å². The predicted octanol–water partition coefficient (Wildman–Crippen LogP) is 3.27. The van der Waals surface area contributed by atoms with Gasteiger partial charge in [0.1, 0.15) is 0 Å². The van der Waals surface area contributed by atoms with Crippen molar-refractivity contribution in [1.29, 1.82) is 0 Å². The predicted molar refractivity (Wildman–Crippen MR) is 74.0 cm³/mol. The van der Waals surface area contributed by atoms with E-state index in [0.29, 0.717) is 5.92 Å². The van der Waals surface area contributed by atoms with Gasteiger partial charge in [-0.1, -0.05) is 12.1 Å². The number of benzene rings is 1. The van der Waals surface area contributed by atoms with Crippen LogP contribution in [0.3, 0.4) is 0 Å². The number of hydrogen-bond donors (Lipinski definition) is 1. The number of aliphatic hydroxyl groups is 1. The molecule has 0 aromatic heterocycles. The first-order chi connectivity index (χ1) is 9.94. The minimum atomic E-state index is -4.26. The minimum Gasteiger partial charge on any atom is -0.396 e. The zero-order valence-electron chi connectivity index (χ0n) is 11.9. The van der Waals surface area contributed by atoms with E-state index in [2.05, 4.69) is 4.90 Å². The summed E-state index contributed by atoms with van der Waals surface area (Å²) >= 11 is 0. The van der Waals surface area contributed by atoms with E-state index < -0.39 is 11.7 Å². The molecular weight excluding hydrogens is 279 g/mol. The molecular formula is C16H20F3NO. The van der Waals surface area contributed by atoms with Crippen LogP contribution in [0.25, 0.3) is 0 Å². The molecule has 0 bridgehead atoms. The molecule has 2 nitrogen and oxygen atoms in total. The van der Waals surface area contributed by atoms with Gasteiger partial charge >= 0.3 is 6.18 Å². The molecule has 1 N–H and O–H groups in total. The molecule has 2 atom stereocenters. The molecule has 1 spiro atoms. The fraction of sp³-hybridized carbons (Fsp3) is 0.625. The van der Waals surface area contributed by atoms with Crippen LogP contribution in [0.2, 0.25) is 0 Å². The average Bonchev–Trinajstić information content (AvgIpc) is 2.99. The van der Waals surface area contributed by atoms with Gasteiger partial charge in [0.15, 0.2) is 0 Å². The van der Waals surface area contributed by atoms with Crippen molar-refractivity contribution < 1.29 is 18.3 Å². The highest BCUT2D eigenvalue weighted by molar-refractivity contribution is 5.34. The lowest BCUT2D eigenvalue weighted by molar-refractivity contribution is -0.137. The third-order valence-electron chi connectivity index (χ3n) is 4.93. The van der Waals surface area contributed by atoms with Crippen molar-refractivity contribution >= 4 is 0 Å². The van der Waals surface area contributed by atoms with Crippen LogP contribution >= 0.6 is 0 Å². The summed E-state index contributed by atoms with van der Waals surface area (Å²) in [5, 5.41) is 8.88. The van der Waals surface area contributed by atoms with E-state index in [4.69, 9.17) is 5.11 Å². The molecule has 0 radical (unpaired) electrons. The van der Waals surface area contributed by atoms with E-state index in [1.807, 2.05) is 0 Å². The largest absolute Gasteiger partial charge is 0.416 e. The third kappa shape index (κ3) is 2.94. The van der Waals surface area contributed by atoms with Gasteiger partial charge in [0.05, 0.1) is 5.56 Å². The lowest BCUT2D eigenvalue weighted by Crippen LogP contribution is -2.23. The van der Waals surface area contributed by atoms with Crippen molar-refractivity contribution in [2.45, 2.75) is 31.4 Å². The molecule has 116 valence electrons. The quantitative estimate of drug-likeness (QED) is 0.922. The highest BCUT2D eigenvalue weighted by Crippen LogP contribution is 2.64. The number of aliphatic hydroxyl groups excluding tert-OH is 1. The third-order valence-corrected chi connectivity index (χ3v) is 4.93. The second-order valence-corrected chi connectivity index (χ2v) is 6.34. The van der Waals surface area contributed by atoms with E-state index in [-0.39, 0.29) is 12.0 Å². The smallest absolute Gasteiger partial charge is 0.396 e. The van der Waals surface area contributed by atoms with E-state index >= 15 is 0 Å². The number of alkyl halides is 3. The summed E-state index contributed by atoms with van der Waals surface area (Å²) in [5.41, 5.74) is 0.735. The Morgan fingerprint density at radius 2 is 1.95 bits per heavy atom. The first kappa shape index (κ1) is 14.9. The topological polar surface area (TPSA) is 23.5 Å². The van der Waals surface area contributed by atoms with Gasteiger partial charge in [-0.25, -0.2) is 0 Å². The molecule has 1 aromatic rings. The highest BCUT2D eigenvalue weighted by Gasteiger charge is 2.57. The van der Waals surface area contributed by atoms with E-state index in [0.717, 1.165) is 44.5 Å². The second-order valence-electron chi connectivity index (χ2n) is 6.34. The maximum Gasteiger partial charge on any atom is 0.416 e. The number of hydrogen-bond acceptors (Lipinski definition) is 2. The molecule has 1 aliphatic heterocycles. The van der Waals surface area contributed by atoms with Gasteiger partial charge < -0.3 is 10.0 Å². The molecule has 2 aliphatic rings. The molecule has 1 heterocycles. The Morgan fingerprint density at radius 1 is 1.24 bits per heavy atom. The summed E-state index contributed by atoms with van der Waals surface area (Å²) in [6, 6.07) is 5.66. The Kier molecular flexibility index (Phi) is 3.74. The number of likely N-dealkylation sites (tertiary alicyclic amines) is 1. The molecule has 1 aliphatic carbocycles. The standard InChI is InChI=1S/C16H20F3NO/c17-16(18,19)13-4-2-12(3-5-13)14-10-15(14)6-8-20(11-15)7-1-9-21/h2-5,14,21H,1,6-11H2. The van der Waals surface area contributed by atoms with E-state index in [1.54, 1.807) is 12.1 Å². The molecule has 0 amide bonds. The van der Waals surface area contributed by atoms with Crippen LogP contribution in [0.1, 0.15) is 36.3 Å². The Balaban J connectivity index is 1.63. The fourth-order valence-corrected chi connectivity index (χ4v) is 3.64. The van der Waals surface area contributed by atoms with Crippen molar-refractivity contribution in [3.63, 3.8) is 0 Å². The van der Waals surface area contributed by atoms with Crippen molar-refractivity contribution in [2.24, 2.45) is 5.41 Å². The van der Waals surface area contributed by atoms with E-state index in [1.165, 1.54) is 12.1 Å². The summed E-state index contributed by atoms with van der Waals surface area (Å²) in [5.74, 6) is 0.402. The first-order valence-electron chi connectivity index (χ1n) is 7.45. The average molecular weight is 299 g/mol. The van der Waals surface area contributed by atoms with Crippen molar-refractivity contribution in [3.05, 3.63) is 35.4 Å². The summed E-state index contributed by atoms with van der Waals surface area (Å²) in [4.78, 5) is 2.36. The van der Waals surface area contributed by atoms with Crippen molar-refractivity contribution in [2.75, 3.05) is 26.2 Å². The molecule has 1 saturated heterocycles. The van der Waals surface area contributed by atoms with Crippen LogP contribution in [-0.2, 0) is 6.18 Å². The Hall–Kier alpha value is -1.07. The van der Waals surface area contributed by atoms with Gasteiger partial charge in [-0.2, -0.15) is 13.2 Å². The summed E-state index contributed by atoms with van der Waals surface area (Å²) < 4.78 is 37.7. The van der Waals surface area contributed by atoms with Gasteiger partial charge in [-0.05, 0) is 54.8 Å². The monoisotopic (exact) mass is 299 g/mol. The summed E-state index contributed by atoms with van der Waals surface area (Å²) in [6.45, 7) is 3.18. The molecule has 5 heteroatoms. The van der Waals surface area contributed by atoms with Crippen LogP contribution in [0.5, 0.6) is 0 Å². The molecule has 3 rings (SSSR count).